The van der Waals surface area contributed by atoms with E-state index in [9.17, 15) is 19.8 Å². The van der Waals surface area contributed by atoms with Crippen molar-refractivity contribution in [2.75, 3.05) is 66.1 Å². The number of fused-ring (bicyclic) bond motifs is 2. The molecule has 11 nitrogen and oxygen atoms in total. The van der Waals surface area contributed by atoms with Crippen LogP contribution in [0.2, 0.25) is 0 Å². The van der Waals surface area contributed by atoms with Crippen LogP contribution in [0.4, 0.5) is 0 Å². The maximum absolute atomic E-state index is 11.8. The van der Waals surface area contributed by atoms with Gasteiger partial charge in [-0.2, -0.15) is 0 Å². The minimum Gasteiger partial charge on any atom is -0.491 e. The number of carbonyl (C=O) groups is 2. The Balaban J connectivity index is 1.51. The molecule has 0 saturated heterocycles. The number of allylic oxidation sites excluding steroid dienone is 2. The number of carboxylic acids is 2. The van der Waals surface area contributed by atoms with Gasteiger partial charge in [0.1, 0.15) is 37.1 Å². The van der Waals surface area contributed by atoms with Crippen LogP contribution in [0.15, 0.2) is 78.4 Å². The third-order valence-electron chi connectivity index (χ3n) is 8.99. The van der Waals surface area contributed by atoms with Gasteiger partial charge in [0.15, 0.2) is 6.61 Å². The summed E-state index contributed by atoms with van der Waals surface area (Å²) in [7, 11) is 0. The van der Waals surface area contributed by atoms with E-state index in [0.717, 1.165) is 39.0 Å². The standard InChI is InChI=1S/C40H44O11/c41-35(42)25-50-39-31-9-3-11-33(39)23-29-7-2-8-30-24-34-12-4-10-32(40(34)51-26-36(43)44)22-28-6-1-5-27(21-31)37(28)48-19-17-46-15-13-45-14-16-47-18-20-49-38(29)30/h1-12,31,39H,13-26H2,(H,41,42)(H,43,44). The molecular formula is C40H44O11. The molecule has 1 heterocycles. The maximum Gasteiger partial charge on any atom is 0.341 e. The molecule has 270 valence electrons. The van der Waals surface area contributed by atoms with E-state index in [1.54, 1.807) is 0 Å². The Labute approximate surface area is 297 Å². The minimum atomic E-state index is -1.07. The highest BCUT2D eigenvalue weighted by Gasteiger charge is 2.30. The molecular weight excluding hydrogens is 656 g/mol. The highest BCUT2D eigenvalue weighted by molar-refractivity contribution is 5.69. The molecule has 2 atom stereocenters. The molecule has 3 aromatic rings. The van der Waals surface area contributed by atoms with Gasteiger partial charge in [0.05, 0.1) is 45.7 Å². The fourth-order valence-electron chi connectivity index (χ4n) is 6.81. The van der Waals surface area contributed by atoms with Crippen LogP contribution in [-0.2, 0) is 54.2 Å². The number of hydrogen-bond donors (Lipinski definition) is 2. The molecule has 0 aromatic heterocycles. The van der Waals surface area contributed by atoms with Gasteiger partial charge in [-0.3, -0.25) is 0 Å². The molecule has 2 N–H and O–H groups in total. The van der Waals surface area contributed by atoms with Crippen molar-refractivity contribution in [2.45, 2.75) is 31.8 Å². The number of hydrogen-bond acceptors (Lipinski definition) is 9. The number of ether oxygens (including phenoxy) is 7. The Morgan fingerprint density at radius 3 is 1.69 bits per heavy atom. The molecule has 0 fully saturated rings. The SMILES string of the molecule is O=C(O)COc1c2cccc1Cc1cccc3c1OCCOCCOCCOCCOc1c(cccc1C2)CC1=CC=CC(C3)C1OCC(=O)O. The van der Waals surface area contributed by atoms with Crippen molar-refractivity contribution in [2.24, 2.45) is 5.92 Å². The summed E-state index contributed by atoms with van der Waals surface area (Å²) in [6.45, 7) is 1.98. The molecule has 3 aromatic carbocycles. The molecule has 0 radical (unpaired) electrons. The van der Waals surface area contributed by atoms with Crippen molar-refractivity contribution in [3.8, 4) is 17.2 Å². The van der Waals surface area contributed by atoms with Gasteiger partial charge < -0.3 is 43.4 Å². The van der Waals surface area contributed by atoms with Gasteiger partial charge in [-0.05, 0) is 51.8 Å². The van der Waals surface area contributed by atoms with Crippen molar-refractivity contribution < 1.29 is 53.0 Å². The van der Waals surface area contributed by atoms with Crippen LogP contribution >= 0.6 is 0 Å². The van der Waals surface area contributed by atoms with Crippen LogP contribution in [0.25, 0.3) is 0 Å². The molecule has 2 unspecified atom stereocenters. The van der Waals surface area contributed by atoms with E-state index < -0.39 is 31.3 Å². The van der Waals surface area contributed by atoms with Crippen LogP contribution in [0.3, 0.4) is 0 Å². The number of rotatable bonds is 6. The Hall–Kier alpha value is -4.68. The van der Waals surface area contributed by atoms with E-state index in [1.165, 1.54) is 0 Å². The zero-order chi connectivity index (χ0) is 35.4. The summed E-state index contributed by atoms with van der Waals surface area (Å²) in [5, 5.41) is 19.3. The smallest absolute Gasteiger partial charge is 0.341 e. The Kier molecular flexibility index (Phi) is 12.8. The van der Waals surface area contributed by atoms with E-state index in [2.05, 4.69) is 6.08 Å². The van der Waals surface area contributed by atoms with E-state index in [-0.39, 0.29) is 19.1 Å². The number of carboxylic acid groups (broad SMARTS) is 2. The summed E-state index contributed by atoms with van der Waals surface area (Å²) < 4.78 is 42.5. The molecule has 10 bridgehead atoms. The first-order chi connectivity index (χ1) is 25.0. The summed E-state index contributed by atoms with van der Waals surface area (Å²) in [5.74, 6) is -0.412. The summed E-state index contributed by atoms with van der Waals surface area (Å²) in [6, 6.07) is 17.8. The number of aliphatic carboxylic acids is 2. The Bertz CT molecular complexity index is 1730. The lowest BCUT2D eigenvalue weighted by Crippen LogP contribution is -2.31. The van der Waals surface area contributed by atoms with E-state index in [1.807, 2.05) is 66.7 Å². The van der Waals surface area contributed by atoms with Crippen molar-refractivity contribution in [1.29, 1.82) is 0 Å². The Morgan fingerprint density at radius 2 is 1.12 bits per heavy atom. The summed E-state index contributed by atoms with van der Waals surface area (Å²) in [5.41, 5.74) is 6.17. The third-order valence-corrected chi connectivity index (χ3v) is 8.99. The van der Waals surface area contributed by atoms with Crippen LogP contribution in [-0.4, -0.2) is 94.3 Å². The van der Waals surface area contributed by atoms with Crippen molar-refractivity contribution >= 4 is 11.9 Å². The van der Waals surface area contributed by atoms with Crippen LogP contribution < -0.4 is 14.2 Å². The molecule has 11 heteroatoms. The second-order valence-corrected chi connectivity index (χ2v) is 12.6. The first-order valence-electron chi connectivity index (χ1n) is 17.3. The van der Waals surface area contributed by atoms with E-state index in [4.69, 9.17) is 33.2 Å². The average Bonchev–Trinajstić information content (AvgIpc) is 3.10. The van der Waals surface area contributed by atoms with Gasteiger partial charge in [0.2, 0.25) is 0 Å². The lowest BCUT2D eigenvalue weighted by Gasteiger charge is -2.31. The van der Waals surface area contributed by atoms with Crippen LogP contribution in [0.1, 0.15) is 33.4 Å². The van der Waals surface area contributed by atoms with Crippen molar-refractivity contribution in [3.05, 3.63) is 112 Å². The van der Waals surface area contributed by atoms with Gasteiger partial charge in [-0.1, -0.05) is 72.8 Å². The molecule has 0 amide bonds. The summed E-state index contributed by atoms with van der Waals surface area (Å²) in [6.07, 6.45) is 7.33. The Morgan fingerprint density at radius 1 is 0.627 bits per heavy atom. The van der Waals surface area contributed by atoms with Gasteiger partial charge >= 0.3 is 11.9 Å². The number of benzene rings is 3. The van der Waals surface area contributed by atoms with Crippen molar-refractivity contribution in [1.82, 2.24) is 0 Å². The van der Waals surface area contributed by atoms with Crippen LogP contribution in [0, 0.1) is 5.92 Å². The lowest BCUT2D eigenvalue weighted by molar-refractivity contribution is -0.144. The second-order valence-electron chi connectivity index (χ2n) is 12.6. The topological polar surface area (TPSA) is 139 Å². The van der Waals surface area contributed by atoms with Crippen LogP contribution in [0.5, 0.6) is 17.2 Å². The normalized spacial score (nSPS) is 19.9. The predicted octanol–water partition coefficient (Wildman–Crippen LogP) is 4.83. The largest absolute Gasteiger partial charge is 0.491 e. The monoisotopic (exact) mass is 700 g/mol. The first kappa shape index (κ1) is 36.1. The zero-order valence-electron chi connectivity index (χ0n) is 28.6. The van der Waals surface area contributed by atoms with Crippen molar-refractivity contribution in [3.63, 3.8) is 0 Å². The second kappa shape index (κ2) is 18.0. The summed E-state index contributed by atoms with van der Waals surface area (Å²) >= 11 is 0. The van der Waals surface area contributed by atoms with Gasteiger partial charge in [-0.25, -0.2) is 9.59 Å². The van der Waals surface area contributed by atoms with Gasteiger partial charge in [-0.15, -0.1) is 0 Å². The third kappa shape index (κ3) is 9.77. The first-order valence-corrected chi connectivity index (χ1v) is 17.3. The fraction of sp³-hybridized carbons (Fsp3) is 0.400. The van der Waals surface area contributed by atoms with Gasteiger partial charge in [0, 0.05) is 18.8 Å². The summed E-state index contributed by atoms with van der Waals surface area (Å²) in [4.78, 5) is 23.5. The van der Waals surface area contributed by atoms with Gasteiger partial charge in [0.25, 0.3) is 0 Å². The lowest BCUT2D eigenvalue weighted by atomic mass is 9.82. The zero-order valence-corrected chi connectivity index (χ0v) is 28.6. The number of para-hydroxylation sites is 3. The molecule has 6 rings (SSSR count). The quantitative estimate of drug-likeness (QED) is 0.366. The molecule has 0 spiro atoms. The van der Waals surface area contributed by atoms with E-state index in [0.29, 0.717) is 82.6 Å². The predicted molar refractivity (Wildman–Crippen MR) is 187 cm³/mol. The fourth-order valence-corrected chi connectivity index (χ4v) is 6.81. The molecule has 2 aliphatic carbocycles. The molecule has 1 aliphatic heterocycles. The van der Waals surface area contributed by atoms with E-state index >= 15 is 0 Å². The highest BCUT2D eigenvalue weighted by atomic mass is 16.6. The minimum absolute atomic E-state index is 0.195. The molecule has 3 aliphatic rings. The highest BCUT2D eigenvalue weighted by Crippen LogP contribution is 2.39. The maximum atomic E-state index is 11.8. The molecule has 0 saturated carbocycles. The molecule has 51 heavy (non-hydrogen) atoms. The average molecular weight is 701 g/mol.